The van der Waals surface area contributed by atoms with Crippen molar-refractivity contribution in [3.63, 3.8) is 0 Å². The number of esters is 1. The van der Waals surface area contributed by atoms with Gasteiger partial charge in [-0.1, -0.05) is 0 Å². The number of rotatable bonds is 4. The summed E-state index contributed by atoms with van der Waals surface area (Å²) in [7, 11) is 3.06. The van der Waals surface area contributed by atoms with Gasteiger partial charge in [0.2, 0.25) is 0 Å². The number of aryl methyl sites for hydroxylation is 1. The Balaban J connectivity index is 2.12. The van der Waals surface area contributed by atoms with Crippen LogP contribution in [0.3, 0.4) is 0 Å². The Morgan fingerprint density at radius 1 is 1.19 bits per heavy atom. The van der Waals surface area contributed by atoms with Crippen molar-refractivity contribution in [1.82, 2.24) is 4.57 Å². The second-order valence-corrected chi connectivity index (χ2v) is 4.53. The van der Waals surface area contributed by atoms with Crippen LogP contribution >= 0.6 is 11.8 Å². The van der Waals surface area contributed by atoms with Crippen molar-refractivity contribution in [2.45, 2.75) is 0 Å². The maximum absolute atomic E-state index is 12.1. The molecule has 2 rings (SSSR count). The summed E-state index contributed by atoms with van der Waals surface area (Å²) in [6.07, 6.45) is 1.70. The predicted octanol–water partition coefficient (Wildman–Crippen LogP) is 2.63. The number of carbonyl (C=O) groups excluding carboxylic acids is 2. The molecule has 1 heterocycles. The van der Waals surface area contributed by atoms with Gasteiger partial charge < -0.3 is 14.6 Å². The van der Waals surface area contributed by atoms with Gasteiger partial charge in [-0.15, -0.1) is 0 Å². The number of halogens is 1. The van der Waals surface area contributed by atoms with E-state index in [4.69, 9.17) is 11.8 Å². The van der Waals surface area contributed by atoms with E-state index < -0.39 is 5.97 Å². The maximum atomic E-state index is 12.1. The van der Waals surface area contributed by atoms with E-state index in [1.165, 1.54) is 7.11 Å². The Labute approximate surface area is 126 Å². The van der Waals surface area contributed by atoms with Gasteiger partial charge in [-0.25, -0.2) is 4.79 Å². The number of ether oxygens (including phenoxy) is 1. The van der Waals surface area contributed by atoms with E-state index in [1.54, 1.807) is 48.1 Å². The van der Waals surface area contributed by atoms with E-state index in [0.29, 0.717) is 22.6 Å². The molecule has 1 amide bonds. The first-order valence-corrected chi connectivity index (χ1v) is 6.45. The third-order valence-corrected chi connectivity index (χ3v) is 3.13. The van der Waals surface area contributed by atoms with E-state index in [1.807, 2.05) is 0 Å². The predicted molar refractivity (Wildman–Crippen MR) is 80.6 cm³/mol. The summed E-state index contributed by atoms with van der Waals surface area (Å²) in [5.74, 6) is -0.699. The standard InChI is InChI=1S/C14H14ClN3O3/c1-18-8-11(17-15)7-12(18)13(19)16-10-5-3-9(4-6-10)14(20)21-2/h3-8,17H,1-2H3,(H,16,19). The van der Waals surface area contributed by atoms with Gasteiger partial charge in [0, 0.05) is 30.7 Å². The van der Waals surface area contributed by atoms with Crippen LogP contribution < -0.4 is 10.2 Å². The number of nitrogens with one attached hydrogen (secondary N) is 2. The summed E-state index contributed by atoms with van der Waals surface area (Å²) in [5.41, 5.74) is 2.08. The Bertz CT molecular complexity index is 665. The fourth-order valence-electron chi connectivity index (χ4n) is 1.84. The van der Waals surface area contributed by atoms with Crippen LogP contribution in [0.5, 0.6) is 0 Å². The molecule has 21 heavy (non-hydrogen) atoms. The van der Waals surface area contributed by atoms with Gasteiger partial charge in [-0.3, -0.25) is 9.63 Å². The molecule has 7 heteroatoms. The molecule has 0 saturated carbocycles. The Morgan fingerprint density at radius 3 is 2.38 bits per heavy atom. The maximum Gasteiger partial charge on any atom is 0.337 e. The summed E-state index contributed by atoms with van der Waals surface area (Å²) in [6.45, 7) is 0. The van der Waals surface area contributed by atoms with Crippen LogP contribution in [-0.2, 0) is 11.8 Å². The lowest BCUT2D eigenvalue weighted by Gasteiger charge is -2.06. The molecule has 0 spiro atoms. The summed E-state index contributed by atoms with van der Waals surface area (Å²) < 4.78 is 6.26. The Kier molecular flexibility index (Phi) is 4.49. The van der Waals surface area contributed by atoms with E-state index in [0.717, 1.165) is 0 Å². The zero-order valence-corrected chi connectivity index (χ0v) is 12.3. The van der Waals surface area contributed by atoms with Gasteiger partial charge in [0.1, 0.15) is 5.69 Å². The van der Waals surface area contributed by atoms with Crippen LogP contribution in [0.1, 0.15) is 20.8 Å². The number of benzene rings is 1. The second-order valence-electron chi connectivity index (χ2n) is 4.34. The van der Waals surface area contributed by atoms with Gasteiger partial charge in [0.25, 0.3) is 5.91 Å². The van der Waals surface area contributed by atoms with E-state index in [9.17, 15) is 9.59 Å². The molecule has 0 saturated heterocycles. The van der Waals surface area contributed by atoms with Crippen molar-refractivity contribution >= 4 is 35.0 Å². The quantitative estimate of drug-likeness (QED) is 0.673. The highest BCUT2D eigenvalue weighted by Gasteiger charge is 2.12. The molecular formula is C14H14ClN3O3. The lowest BCUT2D eigenvalue weighted by atomic mass is 10.2. The highest BCUT2D eigenvalue weighted by atomic mass is 35.5. The van der Waals surface area contributed by atoms with Crippen LogP contribution in [-0.4, -0.2) is 23.6 Å². The van der Waals surface area contributed by atoms with Gasteiger partial charge in [0.15, 0.2) is 0 Å². The summed E-state index contributed by atoms with van der Waals surface area (Å²) >= 11 is 5.50. The molecule has 0 atom stereocenters. The molecule has 1 aromatic heterocycles. The van der Waals surface area contributed by atoms with E-state index >= 15 is 0 Å². The van der Waals surface area contributed by atoms with Crippen LogP contribution in [0.4, 0.5) is 11.4 Å². The normalized spacial score (nSPS) is 10.0. The minimum absolute atomic E-state index is 0.276. The largest absolute Gasteiger partial charge is 0.465 e. The molecule has 0 aliphatic carbocycles. The van der Waals surface area contributed by atoms with Gasteiger partial charge in [-0.2, -0.15) is 0 Å². The molecule has 110 valence electrons. The number of anilines is 2. The van der Waals surface area contributed by atoms with Crippen molar-refractivity contribution in [2.75, 3.05) is 17.3 Å². The molecule has 0 bridgehead atoms. The smallest absolute Gasteiger partial charge is 0.337 e. The number of hydrogen-bond donors (Lipinski definition) is 2. The van der Waals surface area contributed by atoms with Crippen molar-refractivity contribution < 1.29 is 14.3 Å². The fourth-order valence-corrected chi connectivity index (χ4v) is 1.95. The minimum atomic E-state index is -0.423. The number of amides is 1. The number of aromatic nitrogens is 1. The van der Waals surface area contributed by atoms with Crippen molar-refractivity contribution in [3.05, 3.63) is 47.8 Å². The molecule has 6 nitrogen and oxygen atoms in total. The summed E-state index contributed by atoms with van der Waals surface area (Å²) in [5, 5.41) is 2.74. The zero-order chi connectivity index (χ0) is 15.4. The molecule has 2 N–H and O–H groups in total. The third kappa shape index (κ3) is 3.35. The van der Waals surface area contributed by atoms with Gasteiger partial charge >= 0.3 is 5.97 Å². The molecule has 0 aliphatic rings. The molecule has 2 aromatic rings. The first-order chi connectivity index (χ1) is 10.0. The van der Waals surface area contributed by atoms with Crippen molar-refractivity contribution in [1.29, 1.82) is 0 Å². The van der Waals surface area contributed by atoms with Crippen LogP contribution in [0.15, 0.2) is 36.5 Å². The first-order valence-electron chi connectivity index (χ1n) is 6.08. The first kappa shape index (κ1) is 14.9. The number of nitrogens with zero attached hydrogens (tertiary/aromatic N) is 1. The number of hydrogen-bond acceptors (Lipinski definition) is 4. The third-order valence-electron chi connectivity index (χ3n) is 2.91. The molecular weight excluding hydrogens is 294 g/mol. The van der Waals surface area contributed by atoms with E-state index in [-0.39, 0.29) is 5.91 Å². The lowest BCUT2D eigenvalue weighted by molar-refractivity contribution is 0.0600. The molecule has 0 radical (unpaired) electrons. The Morgan fingerprint density at radius 2 is 1.86 bits per heavy atom. The average molecular weight is 308 g/mol. The van der Waals surface area contributed by atoms with Crippen LogP contribution in [0, 0.1) is 0 Å². The monoisotopic (exact) mass is 307 g/mol. The molecule has 0 unspecified atom stereocenters. The molecule has 0 aliphatic heterocycles. The molecule has 0 fully saturated rings. The van der Waals surface area contributed by atoms with Crippen molar-refractivity contribution in [2.24, 2.45) is 7.05 Å². The second kappa shape index (κ2) is 6.32. The van der Waals surface area contributed by atoms with Crippen LogP contribution in [0.25, 0.3) is 0 Å². The highest BCUT2D eigenvalue weighted by Crippen LogP contribution is 2.16. The topological polar surface area (TPSA) is 72.4 Å². The Hall–Kier alpha value is -2.47. The average Bonchev–Trinajstić information content (AvgIpc) is 2.88. The SMILES string of the molecule is COC(=O)c1ccc(NC(=O)c2cc(NCl)cn2C)cc1. The summed E-state index contributed by atoms with van der Waals surface area (Å²) in [4.78, 5) is 25.9. The lowest BCUT2D eigenvalue weighted by Crippen LogP contribution is -2.15. The molecule has 1 aromatic carbocycles. The fraction of sp³-hybridized carbons (Fsp3) is 0.143. The number of carbonyl (C=O) groups is 2. The zero-order valence-electron chi connectivity index (χ0n) is 11.5. The van der Waals surface area contributed by atoms with Crippen molar-refractivity contribution in [3.8, 4) is 0 Å². The van der Waals surface area contributed by atoms with Gasteiger partial charge in [-0.05, 0) is 30.3 Å². The van der Waals surface area contributed by atoms with Crippen LogP contribution in [0.2, 0.25) is 0 Å². The summed E-state index contributed by atoms with van der Waals surface area (Å²) in [6, 6.07) is 8.06. The van der Waals surface area contributed by atoms with Gasteiger partial charge in [0.05, 0.1) is 18.4 Å². The highest BCUT2D eigenvalue weighted by molar-refractivity contribution is 6.24. The number of methoxy groups -OCH3 is 1. The van der Waals surface area contributed by atoms with E-state index in [2.05, 4.69) is 14.9 Å². The minimum Gasteiger partial charge on any atom is -0.465 e.